The SMILES string of the molecule is Cc1ccc(C)c(OCC(=O)Nc2ccc(-n3c(C)nc4ccccc4c3=O)cc2)c1. The number of nitrogens with zero attached hydrogens (tertiary/aromatic N) is 2. The van der Waals surface area contributed by atoms with Gasteiger partial charge in [-0.25, -0.2) is 4.98 Å². The first kappa shape index (κ1) is 20.3. The first-order valence-corrected chi connectivity index (χ1v) is 10.0. The molecule has 31 heavy (non-hydrogen) atoms. The van der Waals surface area contributed by atoms with Crippen molar-refractivity contribution in [2.45, 2.75) is 20.8 Å². The molecule has 6 nitrogen and oxygen atoms in total. The molecule has 4 rings (SSSR count). The van der Waals surface area contributed by atoms with Crippen molar-refractivity contribution < 1.29 is 9.53 Å². The number of carbonyl (C=O) groups is 1. The summed E-state index contributed by atoms with van der Waals surface area (Å²) in [5.41, 5.74) is 3.91. The van der Waals surface area contributed by atoms with Crippen LogP contribution in [0.15, 0.2) is 71.5 Å². The van der Waals surface area contributed by atoms with E-state index in [2.05, 4.69) is 10.3 Å². The van der Waals surface area contributed by atoms with Gasteiger partial charge in [0.1, 0.15) is 11.6 Å². The summed E-state index contributed by atoms with van der Waals surface area (Å²) in [5.74, 6) is 1.04. The predicted octanol–water partition coefficient (Wildman–Crippen LogP) is 4.33. The minimum atomic E-state index is -0.255. The van der Waals surface area contributed by atoms with Crippen LogP contribution in [0, 0.1) is 20.8 Å². The molecule has 1 N–H and O–H groups in total. The number of hydrogen-bond acceptors (Lipinski definition) is 4. The summed E-state index contributed by atoms with van der Waals surface area (Å²) in [7, 11) is 0. The van der Waals surface area contributed by atoms with Gasteiger partial charge in [0.2, 0.25) is 0 Å². The van der Waals surface area contributed by atoms with Gasteiger partial charge in [0.05, 0.1) is 16.6 Å². The first-order valence-electron chi connectivity index (χ1n) is 10.0. The van der Waals surface area contributed by atoms with Crippen LogP contribution in [0.2, 0.25) is 0 Å². The average Bonchev–Trinajstić information content (AvgIpc) is 2.75. The molecule has 0 saturated heterocycles. The summed E-state index contributed by atoms with van der Waals surface area (Å²) in [4.78, 5) is 29.7. The number of rotatable bonds is 5. The largest absolute Gasteiger partial charge is 0.483 e. The number of anilines is 1. The number of amides is 1. The maximum atomic E-state index is 12.9. The number of aromatic nitrogens is 2. The summed E-state index contributed by atoms with van der Waals surface area (Å²) in [6, 6.07) is 20.2. The number of para-hydroxylation sites is 1. The molecular formula is C25H23N3O3. The van der Waals surface area contributed by atoms with Gasteiger partial charge in [0, 0.05) is 5.69 Å². The molecule has 4 aromatic rings. The Kier molecular flexibility index (Phi) is 5.54. The summed E-state index contributed by atoms with van der Waals surface area (Å²) in [6.45, 7) is 5.64. The Morgan fingerprint density at radius 3 is 2.52 bits per heavy atom. The van der Waals surface area contributed by atoms with Gasteiger partial charge in [-0.2, -0.15) is 0 Å². The van der Waals surface area contributed by atoms with Crippen molar-refractivity contribution >= 4 is 22.5 Å². The third kappa shape index (κ3) is 4.33. The molecule has 0 atom stereocenters. The zero-order valence-electron chi connectivity index (χ0n) is 17.7. The van der Waals surface area contributed by atoms with E-state index in [0.29, 0.717) is 33.9 Å². The van der Waals surface area contributed by atoms with Crippen molar-refractivity contribution in [3.8, 4) is 11.4 Å². The number of benzene rings is 3. The second kappa shape index (κ2) is 8.44. The molecule has 0 fully saturated rings. The summed E-state index contributed by atoms with van der Waals surface area (Å²) >= 11 is 0. The summed E-state index contributed by atoms with van der Waals surface area (Å²) in [5, 5.41) is 3.38. The van der Waals surface area contributed by atoms with Gasteiger partial charge < -0.3 is 10.1 Å². The third-order valence-corrected chi connectivity index (χ3v) is 5.06. The minimum Gasteiger partial charge on any atom is -0.483 e. The van der Waals surface area contributed by atoms with Crippen molar-refractivity contribution in [2.24, 2.45) is 0 Å². The molecule has 0 aliphatic rings. The van der Waals surface area contributed by atoms with Crippen molar-refractivity contribution in [1.29, 1.82) is 0 Å². The van der Waals surface area contributed by atoms with Gasteiger partial charge in [0.15, 0.2) is 6.61 Å². The standard InChI is InChI=1S/C25H23N3O3/c1-16-8-9-17(2)23(14-16)31-15-24(29)27-19-10-12-20(13-11-19)28-18(3)26-22-7-5-4-6-21(22)25(28)30/h4-14H,15H2,1-3H3,(H,27,29). The van der Waals surface area contributed by atoms with Crippen LogP contribution in [0.5, 0.6) is 5.75 Å². The summed E-state index contributed by atoms with van der Waals surface area (Å²) < 4.78 is 7.22. The van der Waals surface area contributed by atoms with Crippen LogP contribution in [0.4, 0.5) is 5.69 Å². The van der Waals surface area contributed by atoms with E-state index in [1.807, 2.05) is 50.2 Å². The van der Waals surface area contributed by atoms with Gasteiger partial charge >= 0.3 is 0 Å². The van der Waals surface area contributed by atoms with E-state index >= 15 is 0 Å². The highest BCUT2D eigenvalue weighted by Gasteiger charge is 2.10. The topological polar surface area (TPSA) is 73.2 Å². The van der Waals surface area contributed by atoms with Crippen LogP contribution in [-0.2, 0) is 4.79 Å². The monoisotopic (exact) mass is 413 g/mol. The number of ether oxygens (including phenoxy) is 1. The first-order chi connectivity index (χ1) is 14.9. The molecule has 0 radical (unpaired) electrons. The Bertz CT molecular complexity index is 1320. The van der Waals surface area contributed by atoms with Gasteiger partial charge in [-0.15, -0.1) is 0 Å². The molecule has 0 spiro atoms. The Hall–Kier alpha value is -3.93. The predicted molar refractivity (Wildman–Crippen MR) is 122 cm³/mol. The lowest BCUT2D eigenvalue weighted by Crippen LogP contribution is -2.22. The fourth-order valence-electron chi connectivity index (χ4n) is 3.44. The normalized spacial score (nSPS) is 10.8. The fraction of sp³-hybridized carbons (Fsp3) is 0.160. The molecule has 1 heterocycles. The third-order valence-electron chi connectivity index (χ3n) is 5.06. The number of carbonyl (C=O) groups excluding carboxylic acids is 1. The van der Waals surface area contributed by atoms with Crippen LogP contribution in [-0.4, -0.2) is 22.1 Å². The molecule has 0 unspecified atom stereocenters. The molecule has 3 aromatic carbocycles. The highest BCUT2D eigenvalue weighted by atomic mass is 16.5. The molecule has 1 aromatic heterocycles. The molecule has 0 aliphatic carbocycles. The van der Waals surface area contributed by atoms with Crippen LogP contribution >= 0.6 is 0 Å². The van der Waals surface area contributed by atoms with Crippen LogP contribution in [0.3, 0.4) is 0 Å². The van der Waals surface area contributed by atoms with E-state index in [1.165, 1.54) is 0 Å². The van der Waals surface area contributed by atoms with E-state index in [4.69, 9.17) is 4.74 Å². The number of nitrogens with one attached hydrogen (secondary N) is 1. The van der Waals surface area contributed by atoms with Crippen LogP contribution in [0.25, 0.3) is 16.6 Å². The number of aryl methyl sites for hydroxylation is 3. The van der Waals surface area contributed by atoms with Crippen molar-refractivity contribution in [3.63, 3.8) is 0 Å². The zero-order chi connectivity index (χ0) is 22.0. The lowest BCUT2D eigenvalue weighted by molar-refractivity contribution is -0.118. The Labute approximate surface area is 180 Å². The molecule has 0 aliphatic heterocycles. The second-order valence-electron chi connectivity index (χ2n) is 7.47. The van der Waals surface area contributed by atoms with Gasteiger partial charge in [-0.1, -0.05) is 24.3 Å². The highest BCUT2D eigenvalue weighted by molar-refractivity contribution is 5.92. The van der Waals surface area contributed by atoms with E-state index in [-0.39, 0.29) is 18.1 Å². The maximum absolute atomic E-state index is 12.9. The molecular weight excluding hydrogens is 390 g/mol. The van der Waals surface area contributed by atoms with Gasteiger partial charge in [-0.05, 0) is 74.4 Å². The zero-order valence-corrected chi connectivity index (χ0v) is 17.7. The molecule has 6 heteroatoms. The lowest BCUT2D eigenvalue weighted by atomic mass is 10.1. The van der Waals surface area contributed by atoms with E-state index in [0.717, 1.165) is 11.1 Å². The molecule has 156 valence electrons. The van der Waals surface area contributed by atoms with E-state index in [9.17, 15) is 9.59 Å². The molecule has 0 saturated carbocycles. The molecule has 0 bridgehead atoms. The van der Waals surface area contributed by atoms with Crippen molar-refractivity contribution in [3.05, 3.63) is 94.0 Å². The minimum absolute atomic E-state index is 0.0841. The Morgan fingerprint density at radius 1 is 1.00 bits per heavy atom. The summed E-state index contributed by atoms with van der Waals surface area (Å²) in [6.07, 6.45) is 0. The lowest BCUT2D eigenvalue weighted by Gasteiger charge is -2.12. The van der Waals surface area contributed by atoms with Gasteiger partial charge in [0.25, 0.3) is 11.5 Å². The number of hydrogen-bond donors (Lipinski definition) is 1. The second-order valence-corrected chi connectivity index (χ2v) is 7.47. The van der Waals surface area contributed by atoms with Gasteiger partial charge in [-0.3, -0.25) is 14.2 Å². The van der Waals surface area contributed by atoms with Crippen molar-refractivity contribution in [2.75, 3.05) is 11.9 Å². The fourth-order valence-corrected chi connectivity index (χ4v) is 3.44. The smallest absolute Gasteiger partial charge is 0.265 e. The van der Waals surface area contributed by atoms with E-state index in [1.54, 1.807) is 41.8 Å². The van der Waals surface area contributed by atoms with E-state index < -0.39 is 0 Å². The Morgan fingerprint density at radius 2 is 1.74 bits per heavy atom. The molecule has 1 amide bonds. The van der Waals surface area contributed by atoms with Crippen LogP contribution in [0.1, 0.15) is 17.0 Å². The van der Waals surface area contributed by atoms with Crippen LogP contribution < -0.4 is 15.6 Å². The van der Waals surface area contributed by atoms with Crippen molar-refractivity contribution in [1.82, 2.24) is 9.55 Å². The maximum Gasteiger partial charge on any atom is 0.265 e. The average molecular weight is 413 g/mol. The Balaban J connectivity index is 1.49. The number of fused-ring (bicyclic) bond motifs is 1. The highest BCUT2D eigenvalue weighted by Crippen LogP contribution is 2.19. The quantitative estimate of drug-likeness (QED) is 0.529.